The second kappa shape index (κ2) is 6.26. The number of ether oxygens (including phenoxy) is 1. The number of amides is 1. The van der Waals surface area contributed by atoms with Crippen LogP contribution in [0.5, 0.6) is 0 Å². The molecule has 0 aliphatic rings. The Morgan fingerprint density at radius 3 is 2.28 bits per heavy atom. The van der Waals surface area contributed by atoms with Gasteiger partial charge in [-0.2, -0.15) is 0 Å². The Hall–Kier alpha value is -1.75. The highest BCUT2D eigenvalue weighted by Crippen LogP contribution is 2.15. The first-order chi connectivity index (χ1) is 8.40. The zero-order valence-electron chi connectivity index (χ0n) is 11.1. The Morgan fingerprint density at radius 1 is 1.22 bits per heavy atom. The molecule has 0 unspecified atom stereocenters. The van der Waals surface area contributed by atoms with Gasteiger partial charge in [-0.05, 0) is 45.0 Å². The fourth-order valence-electron chi connectivity index (χ4n) is 1.31. The molecule has 1 rings (SSSR count). The number of nitrogens with one attached hydrogen (secondary N) is 2. The lowest BCUT2D eigenvalue weighted by Crippen LogP contribution is -2.27. The lowest BCUT2D eigenvalue weighted by atomic mass is 10.2. The van der Waals surface area contributed by atoms with Gasteiger partial charge >= 0.3 is 6.09 Å². The zero-order chi connectivity index (χ0) is 13.6. The number of carbonyl (C=O) groups is 1. The number of rotatable bonds is 4. The van der Waals surface area contributed by atoms with Crippen molar-refractivity contribution < 1.29 is 9.53 Å². The van der Waals surface area contributed by atoms with Gasteiger partial charge in [0.15, 0.2) is 0 Å². The minimum atomic E-state index is -0.493. The Morgan fingerprint density at radius 2 is 1.78 bits per heavy atom. The molecule has 5 heteroatoms. The topological polar surface area (TPSA) is 76.4 Å². The summed E-state index contributed by atoms with van der Waals surface area (Å²) in [6, 6.07) is 7.37. The summed E-state index contributed by atoms with van der Waals surface area (Å²) in [6.45, 7) is 6.78. The smallest absolute Gasteiger partial charge is 0.412 e. The van der Waals surface area contributed by atoms with E-state index in [4.69, 9.17) is 10.5 Å². The van der Waals surface area contributed by atoms with E-state index in [0.29, 0.717) is 12.2 Å². The summed E-state index contributed by atoms with van der Waals surface area (Å²) in [7, 11) is 0. The van der Waals surface area contributed by atoms with Crippen molar-refractivity contribution in [2.75, 3.05) is 23.7 Å². The van der Waals surface area contributed by atoms with E-state index in [1.54, 1.807) is 0 Å². The van der Waals surface area contributed by atoms with Crippen LogP contribution in [0.3, 0.4) is 0 Å². The van der Waals surface area contributed by atoms with Crippen LogP contribution in [0.4, 0.5) is 16.2 Å². The molecule has 0 saturated carbocycles. The summed E-state index contributed by atoms with van der Waals surface area (Å²) in [4.78, 5) is 11.5. The van der Waals surface area contributed by atoms with Crippen LogP contribution < -0.4 is 16.4 Å². The van der Waals surface area contributed by atoms with Crippen molar-refractivity contribution in [2.45, 2.75) is 26.4 Å². The average Bonchev–Trinajstić information content (AvgIpc) is 2.25. The predicted octanol–water partition coefficient (Wildman–Crippen LogP) is 2.40. The molecule has 0 saturated heterocycles. The standard InChI is InChI=1S/C13H21N3O2/c1-13(2,3)18-12(17)16-11-6-4-10(5-7-11)15-9-8-14/h4-7,15H,8-9,14H2,1-3H3,(H,16,17). The van der Waals surface area contributed by atoms with Crippen molar-refractivity contribution in [3.8, 4) is 0 Å². The zero-order valence-corrected chi connectivity index (χ0v) is 11.1. The number of carbonyl (C=O) groups excluding carboxylic acids is 1. The van der Waals surface area contributed by atoms with Crippen molar-refractivity contribution in [2.24, 2.45) is 5.73 Å². The molecule has 5 nitrogen and oxygen atoms in total. The molecule has 4 N–H and O–H groups in total. The molecule has 0 bridgehead atoms. The summed E-state index contributed by atoms with van der Waals surface area (Å²) in [5.74, 6) is 0. The van der Waals surface area contributed by atoms with Crippen LogP contribution in [0.15, 0.2) is 24.3 Å². The van der Waals surface area contributed by atoms with Crippen LogP contribution in [0, 0.1) is 0 Å². The molecule has 0 heterocycles. The summed E-state index contributed by atoms with van der Waals surface area (Å²) in [5.41, 5.74) is 6.57. The largest absolute Gasteiger partial charge is 0.444 e. The highest BCUT2D eigenvalue weighted by Gasteiger charge is 2.15. The molecule has 18 heavy (non-hydrogen) atoms. The maximum absolute atomic E-state index is 11.5. The highest BCUT2D eigenvalue weighted by atomic mass is 16.6. The van der Waals surface area contributed by atoms with Crippen molar-refractivity contribution in [1.29, 1.82) is 0 Å². The maximum Gasteiger partial charge on any atom is 0.412 e. The summed E-state index contributed by atoms with van der Waals surface area (Å²) < 4.78 is 5.15. The first kappa shape index (κ1) is 14.3. The van der Waals surface area contributed by atoms with E-state index in [-0.39, 0.29) is 0 Å². The average molecular weight is 251 g/mol. The van der Waals surface area contributed by atoms with Gasteiger partial charge in [0, 0.05) is 24.5 Å². The number of benzene rings is 1. The quantitative estimate of drug-likeness (QED) is 0.768. The third-order valence-electron chi connectivity index (χ3n) is 2.00. The first-order valence-corrected chi connectivity index (χ1v) is 5.95. The molecular weight excluding hydrogens is 230 g/mol. The van der Waals surface area contributed by atoms with Crippen LogP contribution in [0.25, 0.3) is 0 Å². The normalized spacial score (nSPS) is 10.9. The fourth-order valence-corrected chi connectivity index (χ4v) is 1.31. The van der Waals surface area contributed by atoms with E-state index in [2.05, 4.69) is 10.6 Å². The first-order valence-electron chi connectivity index (χ1n) is 5.95. The molecule has 0 fully saturated rings. The molecular formula is C13H21N3O2. The van der Waals surface area contributed by atoms with Crippen LogP contribution in [0.2, 0.25) is 0 Å². The van der Waals surface area contributed by atoms with Crippen LogP contribution >= 0.6 is 0 Å². The summed E-state index contributed by atoms with van der Waals surface area (Å²) in [6.07, 6.45) is -0.454. The minimum Gasteiger partial charge on any atom is -0.444 e. The van der Waals surface area contributed by atoms with Gasteiger partial charge in [0.05, 0.1) is 0 Å². The lowest BCUT2D eigenvalue weighted by molar-refractivity contribution is 0.0636. The summed E-state index contributed by atoms with van der Waals surface area (Å²) >= 11 is 0. The number of anilines is 2. The third-order valence-corrected chi connectivity index (χ3v) is 2.00. The molecule has 0 aromatic heterocycles. The lowest BCUT2D eigenvalue weighted by Gasteiger charge is -2.19. The minimum absolute atomic E-state index is 0.454. The van der Waals surface area contributed by atoms with E-state index < -0.39 is 11.7 Å². The second-order valence-corrected chi connectivity index (χ2v) is 4.92. The van der Waals surface area contributed by atoms with Crippen LogP contribution in [-0.4, -0.2) is 24.8 Å². The molecule has 0 aliphatic heterocycles. The molecule has 1 aromatic carbocycles. The van der Waals surface area contributed by atoms with E-state index in [0.717, 1.165) is 12.2 Å². The maximum atomic E-state index is 11.5. The van der Waals surface area contributed by atoms with Gasteiger partial charge in [-0.25, -0.2) is 4.79 Å². The highest BCUT2D eigenvalue weighted by molar-refractivity contribution is 5.85. The van der Waals surface area contributed by atoms with E-state index >= 15 is 0 Å². The number of hydrogen-bond donors (Lipinski definition) is 3. The third kappa shape index (κ3) is 5.54. The molecule has 0 radical (unpaired) electrons. The number of hydrogen-bond acceptors (Lipinski definition) is 4. The molecule has 1 amide bonds. The molecule has 100 valence electrons. The van der Waals surface area contributed by atoms with Crippen molar-refractivity contribution >= 4 is 17.5 Å². The van der Waals surface area contributed by atoms with Crippen LogP contribution in [0.1, 0.15) is 20.8 Å². The Balaban J connectivity index is 2.50. The summed E-state index contributed by atoms with van der Waals surface area (Å²) in [5, 5.41) is 5.81. The van der Waals surface area contributed by atoms with Gasteiger partial charge in [0.2, 0.25) is 0 Å². The Bertz CT molecular complexity index is 382. The predicted molar refractivity (Wildman–Crippen MR) is 73.8 cm³/mol. The van der Waals surface area contributed by atoms with E-state index in [1.807, 2.05) is 45.0 Å². The Labute approximate surface area is 108 Å². The van der Waals surface area contributed by atoms with Gasteiger partial charge in [0.25, 0.3) is 0 Å². The molecule has 1 aromatic rings. The van der Waals surface area contributed by atoms with Gasteiger partial charge in [0.1, 0.15) is 5.60 Å². The fraction of sp³-hybridized carbons (Fsp3) is 0.462. The van der Waals surface area contributed by atoms with Crippen molar-refractivity contribution in [1.82, 2.24) is 0 Å². The molecule has 0 atom stereocenters. The van der Waals surface area contributed by atoms with Crippen LogP contribution in [-0.2, 0) is 4.74 Å². The molecule has 0 aliphatic carbocycles. The molecule has 0 spiro atoms. The van der Waals surface area contributed by atoms with E-state index in [1.165, 1.54) is 0 Å². The van der Waals surface area contributed by atoms with Crippen molar-refractivity contribution in [3.05, 3.63) is 24.3 Å². The second-order valence-electron chi connectivity index (χ2n) is 4.92. The SMILES string of the molecule is CC(C)(C)OC(=O)Nc1ccc(NCCN)cc1. The van der Waals surface area contributed by atoms with Crippen molar-refractivity contribution in [3.63, 3.8) is 0 Å². The van der Waals surface area contributed by atoms with Gasteiger partial charge in [-0.3, -0.25) is 5.32 Å². The van der Waals surface area contributed by atoms with Gasteiger partial charge in [-0.15, -0.1) is 0 Å². The van der Waals surface area contributed by atoms with E-state index in [9.17, 15) is 4.79 Å². The van der Waals surface area contributed by atoms with Gasteiger partial charge < -0.3 is 15.8 Å². The Kier molecular flexibility index (Phi) is 4.97. The van der Waals surface area contributed by atoms with Gasteiger partial charge in [-0.1, -0.05) is 0 Å². The monoisotopic (exact) mass is 251 g/mol. The number of nitrogens with two attached hydrogens (primary N) is 1.